The Morgan fingerprint density at radius 3 is 2.60 bits per heavy atom. The molecule has 0 fully saturated rings. The number of halogens is 2. The quantitative estimate of drug-likeness (QED) is 0.290. The highest BCUT2D eigenvalue weighted by Crippen LogP contribution is 2.27. The molecule has 0 aliphatic rings. The van der Waals surface area contributed by atoms with Crippen LogP contribution in [0.3, 0.4) is 0 Å². The summed E-state index contributed by atoms with van der Waals surface area (Å²) < 4.78 is 1.67. The van der Waals surface area contributed by atoms with Crippen LogP contribution in [-0.2, 0) is 5.75 Å². The normalized spacial score (nSPS) is 10.9. The predicted molar refractivity (Wildman–Crippen MR) is 122 cm³/mol. The van der Waals surface area contributed by atoms with E-state index >= 15 is 0 Å². The van der Waals surface area contributed by atoms with Crippen molar-refractivity contribution in [2.45, 2.75) is 17.8 Å². The highest BCUT2D eigenvalue weighted by atomic mass is 35.5. The second-order valence-electron chi connectivity index (χ2n) is 6.56. The Labute approximate surface area is 187 Å². The molecule has 0 aliphatic heterocycles. The Hall–Kier alpha value is -2.67. The molecule has 4 aromatic rings. The molecule has 0 bridgehead atoms. The van der Waals surface area contributed by atoms with E-state index in [1.807, 2.05) is 37.3 Å². The van der Waals surface area contributed by atoms with E-state index in [2.05, 4.69) is 15.1 Å². The minimum atomic E-state index is -0.200. The van der Waals surface area contributed by atoms with Gasteiger partial charge in [0, 0.05) is 34.3 Å². The summed E-state index contributed by atoms with van der Waals surface area (Å²) in [6, 6.07) is 16.4. The second kappa shape index (κ2) is 9.00. The van der Waals surface area contributed by atoms with E-state index in [1.165, 1.54) is 17.8 Å². The lowest BCUT2D eigenvalue weighted by molar-refractivity contribution is 0.834. The van der Waals surface area contributed by atoms with E-state index in [-0.39, 0.29) is 11.1 Å². The number of nitrogens with zero attached hydrogens (tertiary/aromatic N) is 4. The van der Waals surface area contributed by atoms with E-state index in [1.54, 1.807) is 35.3 Å². The largest absolute Gasteiger partial charge is 0.287 e. The average molecular weight is 455 g/mol. The van der Waals surface area contributed by atoms with Crippen molar-refractivity contribution in [3.05, 3.63) is 98.4 Å². The Balaban J connectivity index is 1.61. The molecule has 5 nitrogen and oxygen atoms in total. The van der Waals surface area contributed by atoms with Gasteiger partial charge in [-0.3, -0.25) is 4.79 Å². The molecule has 0 atom stereocenters. The van der Waals surface area contributed by atoms with E-state index in [0.29, 0.717) is 26.6 Å². The first-order valence-electron chi connectivity index (χ1n) is 9.07. The molecule has 2 heterocycles. The van der Waals surface area contributed by atoms with Crippen LogP contribution in [0.25, 0.3) is 17.1 Å². The Morgan fingerprint density at radius 1 is 1.03 bits per heavy atom. The van der Waals surface area contributed by atoms with Crippen molar-refractivity contribution < 1.29 is 0 Å². The van der Waals surface area contributed by atoms with E-state index in [0.717, 1.165) is 16.8 Å². The van der Waals surface area contributed by atoms with Gasteiger partial charge >= 0.3 is 0 Å². The van der Waals surface area contributed by atoms with Crippen molar-refractivity contribution in [2.24, 2.45) is 0 Å². The summed E-state index contributed by atoms with van der Waals surface area (Å²) in [6.07, 6.45) is 3.27. The molecule has 0 aliphatic carbocycles. The van der Waals surface area contributed by atoms with Gasteiger partial charge in [0.05, 0.1) is 11.4 Å². The topological polar surface area (TPSA) is 60.7 Å². The van der Waals surface area contributed by atoms with Gasteiger partial charge in [-0.25, -0.2) is 14.6 Å². The van der Waals surface area contributed by atoms with Crippen LogP contribution in [0.4, 0.5) is 0 Å². The van der Waals surface area contributed by atoms with Gasteiger partial charge in [-0.05, 0) is 42.8 Å². The summed E-state index contributed by atoms with van der Waals surface area (Å²) in [5, 5.41) is 6.21. The van der Waals surface area contributed by atoms with Crippen molar-refractivity contribution in [1.29, 1.82) is 0 Å². The van der Waals surface area contributed by atoms with Crippen molar-refractivity contribution >= 4 is 35.0 Å². The standard InChI is InChI=1S/C22H16Cl2N4OS/c1-14-2-6-17(7-3-14)28-11-9-20(29)21(27-28)19-8-10-25-22(26-19)30-13-15-4-5-16(23)12-18(15)24/h2-12H,13H2,1H3. The lowest BCUT2D eigenvalue weighted by Crippen LogP contribution is -2.13. The van der Waals surface area contributed by atoms with Gasteiger partial charge in [0.2, 0.25) is 5.43 Å². The number of aryl methyl sites for hydroxylation is 1. The van der Waals surface area contributed by atoms with Gasteiger partial charge in [-0.15, -0.1) is 0 Å². The number of rotatable bonds is 5. The minimum Gasteiger partial charge on any atom is -0.287 e. The zero-order valence-electron chi connectivity index (χ0n) is 15.9. The molecular weight excluding hydrogens is 439 g/mol. The number of hydrogen-bond acceptors (Lipinski definition) is 5. The Morgan fingerprint density at radius 2 is 1.83 bits per heavy atom. The molecule has 2 aromatic heterocycles. The van der Waals surface area contributed by atoms with Gasteiger partial charge in [0.25, 0.3) is 0 Å². The van der Waals surface area contributed by atoms with Gasteiger partial charge in [0.1, 0.15) is 0 Å². The lowest BCUT2D eigenvalue weighted by Gasteiger charge is -2.08. The van der Waals surface area contributed by atoms with Crippen molar-refractivity contribution in [1.82, 2.24) is 19.7 Å². The molecule has 0 amide bonds. The fraction of sp³-hybridized carbons (Fsp3) is 0.0909. The first-order chi connectivity index (χ1) is 14.5. The molecule has 0 radical (unpaired) electrons. The highest BCUT2D eigenvalue weighted by molar-refractivity contribution is 7.98. The average Bonchev–Trinajstić information content (AvgIpc) is 2.74. The van der Waals surface area contributed by atoms with Crippen molar-refractivity contribution in [3.63, 3.8) is 0 Å². The summed E-state index contributed by atoms with van der Waals surface area (Å²) in [4.78, 5) is 21.3. The molecule has 0 saturated heterocycles. The predicted octanol–water partition coefficient (Wildman–Crippen LogP) is 5.60. The third-order valence-electron chi connectivity index (χ3n) is 4.35. The fourth-order valence-corrected chi connectivity index (χ4v) is 4.14. The number of benzene rings is 2. The monoisotopic (exact) mass is 454 g/mol. The first-order valence-corrected chi connectivity index (χ1v) is 10.8. The molecule has 150 valence electrons. The summed E-state index contributed by atoms with van der Waals surface area (Å²) in [6.45, 7) is 2.02. The smallest absolute Gasteiger partial charge is 0.209 e. The maximum Gasteiger partial charge on any atom is 0.209 e. The summed E-state index contributed by atoms with van der Waals surface area (Å²) in [5.41, 5.74) is 3.49. The first kappa shape index (κ1) is 20.6. The number of thioether (sulfide) groups is 1. The van der Waals surface area contributed by atoms with Crippen LogP contribution in [0.15, 0.2) is 76.9 Å². The van der Waals surface area contributed by atoms with Crippen LogP contribution in [-0.4, -0.2) is 19.7 Å². The molecule has 8 heteroatoms. The molecule has 0 unspecified atom stereocenters. The zero-order valence-corrected chi connectivity index (χ0v) is 18.2. The summed E-state index contributed by atoms with van der Waals surface area (Å²) >= 11 is 13.6. The maximum atomic E-state index is 12.5. The molecule has 0 saturated carbocycles. The van der Waals surface area contributed by atoms with E-state index in [4.69, 9.17) is 23.2 Å². The number of aromatic nitrogens is 4. The van der Waals surface area contributed by atoms with Gasteiger partial charge in [-0.1, -0.05) is 58.7 Å². The van der Waals surface area contributed by atoms with E-state index < -0.39 is 0 Å². The summed E-state index contributed by atoms with van der Waals surface area (Å²) in [7, 11) is 0. The summed E-state index contributed by atoms with van der Waals surface area (Å²) in [5.74, 6) is 0.579. The van der Waals surface area contributed by atoms with Crippen molar-refractivity contribution in [2.75, 3.05) is 0 Å². The minimum absolute atomic E-state index is 0.200. The highest BCUT2D eigenvalue weighted by Gasteiger charge is 2.11. The van der Waals surface area contributed by atoms with Gasteiger partial charge in [-0.2, -0.15) is 5.10 Å². The SMILES string of the molecule is Cc1ccc(-n2ccc(=O)c(-c3ccnc(SCc4ccc(Cl)cc4Cl)n3)n2)cc1. The third kappa shape index (κ3) is 4.73. The Bertz CT molecular complexity index is 1260. The molecular formula is C22H16Cl2N4OS. The van der Waals surface area contributed by atoms with Crippen LogP contribution in [0.2, 0.25) is 10.0 Å². The van der Waals surface area contributed by atoms with Crippen LogP contribution < -0.4 is 5.43 Å². The van der Waals surface area contributed by atoms with Crippen LogP contribution in [0.1, 0.15) is 11.1 Å². The lowest BCUT2D eigenvalue weighted by atomic mass is 10.2. The number of hydrogen-bond donors (Lipinski definition) is 0. The molecule has 0 spiro atoms. The molecule has 4 rings (SSSR count). The Kier molecular flexibility index (Phi) is 6.18. The second-order valence-corrected chi connectivity index (χ2v) is 8.34. The molecule has 2 aromatic carbocycles. The maximum absolute atomic E-state index is 12.5. The fourth-order valence-electron chi connectivity index (χ4n) is 2.75. The van der Waals surface area contributed by atoms with Crippen LogP contribution >= 0.6 is 35.0 Å². The van der Waals surface area contributed by atoms with Crippen LogP contribution in [0, 0.1) is 6.92 Å². The van der Waals surface area contributed by atoms with Crippen LogP contribution in [0.5, 0.6) is 0 Å². The van der Waals surface area contributed by atoms with Gasteiger partial charge in [0.15, 0.2) is 10.9 Å². The zero-order chi connectivity index (χ0) is 21.1. The van der Waals surface area contributed by atoms with E-state index in [9.17, 15) is 4.79 Å². The van der Waals surface area contributed by atoms with Gasteiger partial charge < -0.3 is 0 Å². The third-order valence-corrected chi connectivity index (χ3v) is 5.85. The molecule has 0 N–H and O–H groups in total. The van der Waals surface area contributed by atoms with Crippen molar-refractivity contribution in [3.8, 4) is 17.1 Å². The molecule has 30 heavy (non-hydrogen) atoms.